The third kappa shape index (κ3) is 3.60. The number of halogens is 1. The van der Waals surface area contributed by atoms with Gasteiger partial charge in [0.25, 0.3) is 5.91 Å². The number of nitrogens with one attached hydrogen (secondary N) is 1. The molecule has 0 aliphatic heterocycles. The van der Waals surface area contributed by atoms with Crippen LogP contribution in [-0.2, 0) is 11.3 Å². The zero-order valence-corrected chi connectivity index (χ0v) is 14.8. The fourth-order valence-corrected chi connectivity index (χ4v) is 2.97. The molecule has 1 amide bonds. The lowest BCUT2D eigenvalue weighted by Crippen LogP contribution is -3.00. The molecule has 0 bridgehead atoms. The van der Waals surface area contributed by atoms with Crippen molar-refractivity contribution in [1.82, 2.24) is 4.57 Å². The second-order valence-electron chi connectivity index (χ2n) is 5.85. The van der Waals surface area contributed by atoms with E-state index in [-0.39, 0.29) is 24.9 Å². The highest BCUT2D eigenvalue weighted by molar-refractivity contribution is 5.90. The molecule has 4 rings (SSSR count). The molecule has 0 atom stereocenters. The molecule has 0 spiro atoms. The standard InChI is InChI=1S/C21H17N3O.ClH/c25-21(22-17-9-3-1-4-10-17)15-23-16-24(18-11-5-2-6-12-18)20-14-8-7-13-19(20)23;/h1-14,16H,15H2;1H. The zero-order valence-electron chi connectivity index (χ0n) is 14.0. The summed E-state index contributed by atoms with van der Waals surface area (Å²) in [5, 5.41) is 2.94. The summed E-state index contributed by atoms with van der Waals surface area (Å²) in [5.74, 6) is -0.0489. The highest BCUT2D eigenvalue weighted by atomic mass is 35.5. The second-order valence-corrected chi connectivity index (χ2v) is 5.85. The Morgan fingerprint density at radius 2 is 1.46 bits per heavy atom. The maximum atomic E-state index is 12.4. The van der Waals surface area contributed by atoms with Crippen molar-refractivity contribution in [3.8, 4) is 5.69 Å². The van der Waals surface area contributed by atoms with Crippen molar-refractivity contribution in [2.24, 2.45) is 0 Å². The molecule has 0 saturated carbocycles. The molecule has 0 fully saturated rings. The highest BCUT2D eigenvalue weighted by Crippen LogP contribution is 2.16. The van der Waals surface area contributed by atoms with Crippen LogP contribution in [0.1, 0.15) is 0 Å². The van der Waals surface area contributed by atoms with Gasteiger partial charge in [0.1, 0.15) is 5.69 Å². The van der Waals surface area contributed by atoms with Crippen LogP contribution in [0.25, 0.3) is 16.7 Å². The number of para-hydroxylation sites is 4. The van der Waals surface area contributed by atoms with Crippen molar-refractivity contribution in [2.45, 2.75) is 6.54 Å². The van der Waals surface area contributed by atoms with E-state index in [1.165, 1.54) is 0 Å². The first kappa shape index (κ1) is 17.7. The molecule has 3 aromatic carbocycles. The Bertz CT molecular complexity index is 1010. The van der Waals surface area contributed by atoms with E-state index in [9.17, 15) is 4.79 Å². The van der Waals surface area contributed by atoms with Crippen LogP contribution in [0.15, 0.2) is 91.3 Å². The van der Waals surface area contributed by atoms with E-state index in [2.05, 4.69) is 28.1 Å². The van der Waals surface area contributed by atoms with Gasteiger partial charge in [-0.2, -0.15) is 4.57 Å². The summed E-state index contributed by atoms with van der Waals surface area (Å²) in [6.45, 7) is 0.259. The third-order valence-electron chi connectivity index (χ3n) is 4.11. The fraction of sp³-hybridized carbons (Fsp3) is 0.0476. The van der Waals surface area contributed by atoms with Crippen molar-refractivity contribution < 1.29 is 21.8 Å². The predicted octanol–water partition coefficient (Wildman–Crippen LogP) is 0.561. The molecule has 0 saturated heterocycles. The number of imidazole rings is 1. The molecule has 1 aromatic heterocycles. The van der Waals surface area contributed by atoms with E-state index in [0.717, 1.165) is 22.4 Å². The molecule has 0 unspecified atom stereocenters. The van der Waals surface area contributed by atoms with Gasteiger partial charge < -0.3 is 17.7 Å². The SMILES string of the molecule is O=C(C[n+]1cn(-c2ccccc2)c2ccccc21)Nc1ccccc1.[Cl-]. The number of aromatic nitrogens is 2. The van der Waals surface area contributed by atoms with E-state index in [0.29, 0.717) is 0 Å². The van der Waals surface area contributed by atoms with E-state index in [1.54, 1.807) is 0 Å². The van der Waals surface area contributed by atoms with Gasteiger partial charge in [0.15, 0.2) is 17.6 Å². The number of benzene rings is 3. The van der Waals surface area contributed by atoms with Crippen molar-refractivity contribution in [3.05, 3.63) is 91.3 Å². The van der Waals surface area contributed by atoms with Crippen LogP contribution >= 0.6 is 0 Å². The Morgan fingerprint density at radius 1 is 0.846 bits per heavy atom. The average Bonchev–Trinajstić information content (AvgIpc) is 3.02. The molecular weight excluding hydrogens is 346 g/mol. The number of amides is 1. The van der Waals surface area contributed by atoms with Gasteiger partial charge in [-0.15, -0.1) is 0 Å². The van der Waals surface area contributed by atoms with Crippen molar-refractivity contribution >= 4 is 22.6 Å². The van der Waals surface area contributed by atoms with Gasteiger partial charge in [0, 0.05) is 5.69 Å². The Kier molecular flexibility index (Phi) is 5.34. The molecule has 1 N–H and O–H groups in total. The first-order chi connectivity index (χ1) is 12.3. The molecular formula is C21H18ClN3O. The number of hydrogen-bond donors (Lipinski definition) is 1. The van der Waals surface area contributed by atoms with E-state index >= 15 is 0 Å². The Labute approximate surface area is 158 Å². The Hall–Kier alpha value is -3.11. The van der Waals surface area contributed by atoms with Crippen LogP contribution in [0.4, 0.5) is 5.69 Å². The molecule has 1 heterocycles. The molecule has 0 aliphatic rings. The molecule has 0 aliphatic carbocycles. The number of anilines is 1. The van der Waals surface area contributed by atoms with Crippen LogP contribution in [0, 0.1) is 0 Å². The van der Waals surface area contributed by atoms with Crippen molar-refractivity contribution in [2.75, 3.05) is 5.32 Å². The fourth-order valence-electron chi connectivity index (χ4n) is 2.97. The summed E-state index contributed by atoms with van der Waals surface area (Å²) < 4.78 is 4.08. The van der Waals surface area contributed by atoms with E-state index in [4.69, 9.17) is 0 Å². The summed E-state index contributed by atoms with van der Waals surface area (Å²) in [6, 6.07) is 27.7. The van der Waals surface area contributed by atoms with Gasteiger partial charge in [-0.25, -0.2) is 4.57 Å². The van der Waals surface area contributed by atoms with Gasteiger partial charge in [-0.1, -0.05) is 48.5 Å². The molecule has 130 valence electrons. The molecule has 5 heteroatoms. The lowest BCUT2D eigenvalue weighted by Gasteiger charge is -2.03. The summed E-state index contributed by atoms with van der Waals surface area (Å²) in [4.78, 5) is 12.4. The summed E-state index contributed by atoms with van der Waals surface area (Å²) in [6.07, 6.45) is 1.98. The van der Waals surface area contributed by atoms with Crippen molar-refractivity contribution in [1.29, 1.82) is 0 Å². The number of nitrogens with zero attached hydrogens (tertiary/aromatic N) is 2. The largest absolute Gasteiger partial charge is 1.00 e. The maximum absolute atomic E-state index is 12.4. The molecule has 4 aromatic rings. The smallest absolute Gasteiger partial charge is 0.266 e. The van der Waals surface area contributed by atoms with Crippen LogP contribution in [0.5, 0.6) is 0 Å². The number of hydrogen-bond acceptors (Lipinski definition) is 1. The molecule has 0 radical (unpaired) electrons. The van der Waals surface area contributed by atoms with E-state index in [1.807, 2.05) is 77.6 Å². The zero-order chi connectivity index (χ0) is 17.1. The first-order valence-corrected chi connectivity index (χ1v) is 8.21. The summed E-state index contributed by atoms with van der Waals surface area (Å²) in [7, 11) is 0. The van der Waals surface area contributed by atoms with Crippen LogP contribution in [0.3, 0.4) is 0 Å². The highest BCUT2D eigenvalue weighted by Gasteiger charge is 2.18. The lowest BCUT2D eigenvalue weighted by molar-refractivity contribution is -0.658. The minimum atomic E-state index is -0.0489. The summed E-state index contributed by atoms with van der Waals surface area (Å²) in [5.41, 5.74) is 3.97. The van der Waals surface area contributed by atoms with Crippen molar-refractivity contribution in [3.63, 3.8) is 0 Å². The Balaban J connectivity index is 0.00000196. The maximum Gasteiger partial charge on any atom is 0.266 e. The summed E-state index contributed by atoms with van der Waals surface area (Å²) >= 11 is 0. The predicted molar refractivity (Wildman–Crippen MR) is 98.5 cm³/mol. The third-order valence-corrected chi connectivity index (χ3v) is 4.11. The Morgan fingerprint density at radius 3 is 2.19 bits per heavy atom. The van der Waals surface area contributed by atoms with E-state index < -0.39 is 0 Å². The minimum Gasteiger partial charge on any atom is -1.00 e. The van der Waals surface area contributed by atoms with Gasteiger partial charge in [0.05, 0.1) is 0 Å². The van der Waals surface area contributed by atoms with Gasteiger partial charge in [-0.05, 0) is 36.4 Å². The van der Waals surface area contributed by atoms with Gasteiger partial charge >= 0.3 is 0 Å². The number of carbonyl (C=O) groups is 1. The molecule has 26 heavy (non-hydrogen) atoms. The quantitative estimate of drug-likeness (QED) is 0.529. The number of carbonyl (C=O) groups excluding carboxylic acids is 1. The van der Waals surface area contributed by atoms with Gasteiger partial charge in [0.2, 0.25) is 6.33 Å². The van der Waals surface area contributed by atoms with Crippen LogP contribution in [0.2, 0.25) is 0 Å². The normalized spacial score (nSPS) is 10.3. The first-order valence-electron chi connectivity index (χ1n) is 8.21. The van der Waals surface area contributed by atoms with Crippen LogP contribution in [-0.4, -0.2) is 10.5 Å². The average molecular weight is 364 g/mol. The molecule has 4 nitrogen and oxygen atoms in total. The topological polar surface area (TPSA) is 37.9 Å². The number of rotatable bonds is 4. The van der Waals surface area contributed by atoms with Gasteiger partial charge in [-0.3, -0.25) is 4.79 Å². The monoisotopic (exact) mass is 363 g/mol. The lowest BCUT2D eigenvalue weighted by atomic mass is 10.3. The van der Waals surface area contributed by atoms with Crippen LogP contribution < -0.4 is 22.3 Å². The second kappa shape index (κ2) is 7.85. The minimum absolute atomic E-state index is 0. The number of fused-ring (bicyclic) bond motifs is 1.